The van der Waals surface area contributed by atoms with E-state index in [1.165, 1.54) is 18.1 Å². The fourth-order valence-corrected chi connectivity index (χ4v) is 1.45. The number of nitrogens with zero attached hydrogens (tertiary/aromatic N) is 2. The molecule has 0 unspecified atom stereocenters. The number of pyridine rings is 1. The summed E-state index contributed by atoms with van der Waals surface area (Å²) < 4.78 is 36.3. The van der Waals surface area contributed by atoms with Crippen LogP contribution in [-0.4, -0.2) is 29.7 Å². The van der Waals surface area contributed by atoms with Crippen LogP contribution in [0.2, 0.25) is 0 Å². The number of aromatic nitrogens is 1. The molecule has 2 N–H and O–H groups in total. The van der Waals surface area contributed by atoms with Crippen LogP contribution in [0.3, 0.4) is 0 Å². The van der Waals surface area contributed by atoms with Gasteiger partial charge in [-0.15, -0.1) is 0 Å². The van der Waals surface area contributed by atoms with E-state index in [0.29, 0.717) is 11.4 Å². The number of alkyl halides is 3. The lowest BCUT2D eigenvalue weighted by Gasteiger charge is -2.21. The van der Waals surface area contributed by atoms with E-state index in [1.807, 2.05) is 0 Å². The highest BCUT2D eigenvalue weighted by atomic mass is 32.1. The molecular weight excluding hydrogens is 251 g/mol. The molecule has 1 rings (SSSR count). The first kappa shape index (κ1) is 13.7. The summed E-state index contributed by atoms with van der Waals surface area (Å²) in [6.07, 6.45) is -3.61. The van der Waals surface area contributed by atoms with Crippen molar-refractivity contribution >= 4 is 23.0 Å². The first-order valence-electron chi connectivity index (χ1n) is 4.84. The molecule has 0 aliphatic carbocycles. The molecule has 0 saturated heterocycles. The van der Waals surface area contributed by atoms with Gasteiger partial charge in [-0.05, 0) is 12.1 Å². The van der Waals surface area contributed by atoms with Crippen LogP contribution in [0.5, 0.6) is 0 Å². The summed E-state index contributed by atoms with van der Waals surface area (Å²) in [5.74, 6) is 0.365. The molecule has 3 nitrogen and oxygen atoms in total. The minimum Gasteiger partial charge on any atom is -0.389 e. The second kappa shape index (κ2) is 5.31. The van der Waals surface area contributed by atoms with Crippen molar-refractivity contribution in [2.24, 2.45) is 5.73 Å². The summed E-state index contributed by atoms with van der Waals surface area (Å²) >= 11 is 4.82. The monoisotopic (exact) mass is 263 g/mol. The van der Waals surface area contributed by atoms with E-state index in [4.69, 9.17) is 18.0 Å². The molecule has 0 saturated carbocycles. The van der Waals surface area contributed by atoms with Crippen LogP contribution >= 0.6 is 12.2 Å². The quantitative estimate of drug-likeness (QED) is 0.845. The Labute approximate surface area is 102 Å². The second-order valence-corrected chi connectivity index (χ2v) is 3.97. The first-order valence-corrected chi connectivity index (χ1v) is 5.25. The maximum Gasteiger partial charge on any atom is 0.390 e. The van der Waals surface area contributed by atoms with Crippen LogP contribution in [0.1, 0.15) is 12.0 Å². The normalized spacial score (nSPS) is 11.3. The van der Waals surface area contributed by atoms with Gasteiger partial charge in [-0.25, -0.2) is 4.98 Å². The molecule has 0 aliphatic rings. The maximum atomic E-state index is 12.1. The van der Waals surface area contributed by atoms with Crippen LogP contribution in [0.15, 0.2) is 18.3 Å². The number of rotatable bonds is 4. The van der Waals surface area contributed by atoms with Gasteiger partial charge in [0.2, 0.25) is 0 Å². The van der Waals surface area contributed by atoms with E-state index in [-0.39, 0.29) is 11.5 Å². The predicted molar refractivity (Wildman–Crippen MR) is 64.1 cm³/mol. The van der Waals surface area contributed by atoms with E-state index < -0.39 is 12.6 Å². The van der Waals surface area contributed by atoms with Gasteiger partial charge in [0, 0.05) is 19.8 Å². The third-order valence-corrected chi connectivity index (χ3v) is 2.36. The molecule has 0 amide bonds. The summed E-state index contributed by atoms with van der Waals surface area (Å²) in [6.45, 7) is -0.184. The lowest BCUT2D eigenvalue weighted by atomic mass is 10.2. The van der Waals surface area contributed by atoms with Gasteiger partial charge in [-0.2, -0.15) is 13.2 Å². The highest BCUT2D eigenvalue weighted by Crippen LogP contribution is 2.22. The van der Waals surface area contributed by atoms with Crippen molar-refractivity contribution in [1.82, 2.24) is 4.98 Å². The molecular formula is C10H12F3N3S. The molecule has 1 aromatic heterocycles. The highest BCUT2D eigenvalue weighted by molar-refractivity contribution is 7.80. The highest BCUT2D eigenvalue weighted by Gasteiger charge is 2.27. The van der Waals surface area contributed by atoms with Gasteiger partial charge in [0.1, 0.15) is 10.8 Å². The Hall–Kier alpha value is -1.37. The lowest BCUT2D eigenvalue weighted by molar-refractivity contribution is -0.132. The number of nitrogens with two attached hydrogens (primary N) is 1. The molecule has 94 valence electrons. The fourth-order valence-electron chi connectivity index (χ4n) is 1.29. The van der Waals surface area contributed by atoms with E-state index in [0.717, 1.165) is 0 Å². The third kappa shape index (κ3) is 4.18. The summed E-state index contributed by atoms with van der Waals surface area (Å²) in [7, 11) is 1.52. The molecule has 0 spiro atoms. The summed E-state index contributed by atoms with van der Waals surface area (Å²) in [5.41, 5.74) is 5.96. The van der Waals surface area contributed by atoms with Gasteiger partial charge in [0.25, 0.3) is 0 Å². The fraction of sp³-hybridized carbons (Fsp3) is 0.400. The van der Waals surface area contributed by atoms with Gasteiger partial charge < -0.3 is 10.6 Å². The standard InChI is InChI=1S/C10H12F3N3S/c1-16(6-4-10(11,12)13)9-7(8(14)17)3-2-5-15-9/h2-3,5H,4,6H2,1H3,(H2,14,17). The molecule has 0 atom stereocenters. The molecule has 7 heteroatoms. The van der Waals surface area contributed by atoms with Crippen LogP contribution in [0, 0.1) is 0 Å². The Bertz CT molecular complexity index is 406. The zero-order valence-electron chi connectivity index (χ0n) is 9.16. The molecule has 0 fully saturated rings. The average Bonchev–Trinajstić information content (AvgIpc) is 2.25. The van der Waals surface area contributed by atoms with Gasteiger partial charge in [-0.3, -0.25) is 0 Å². The van der Waals surface area contributed by atoms with E-state index in [9.17, 15) is 13.2 Å². The number of hydrogen-bond donors (Lipinski definition) is 1. The number of hydrogen-bond acceptors (Lipinski definition) is 3. The van der Waals surface area contributed by atoms with E-state index in [2.05, 4.69) is 4.98 Å². The topological polar surface area (TPSA) is 42.2 Å². The third-order valence-electron chi connectivity index (χ3n) is 2.14. The minimum absolute atomic E-state index is 0.118. The summed E-state index contributed by atoms with van der Waals surface area (Å²) in [5, 5.41) is 0. The minimum atomic E-state index is -4.19. The van der Waals surface area contributed by atoms with Gasteiger partial charge in [0.15, 0.2) is 0 Å². The number of thiocarbonyl (C=S) groups is 1. The SMILES string of the molecule is CN(CCC(F)(F)F)c1ncccc1C(N)=S. The van der Waals surface area contributed by atoms with Crippen molar-refractivity contribution in [3.8, 4) is 0 Å². The van der Waals surface area contributed by atoms with Crippen molar-refractivity contribution in [3.63, 3.8) is 0 Å². The zero-order chi connectivity index (χ0) is 13.1. The van der Waals surface area contributed by atoms with Crippen molar-refractivity contribution < 1.29 is 13.2 Å². The van der Waals surface area contributed by atoms with Crippen LogP contribution in [-0.2, 0) is 0 Å². The first-order chi connectivity index (χ1) is 7.81. The Kier molecular flexibility index (Phi) is 4.28. The Balaban J connectivity index is 2.82. The molecule has 1 aromatic rings. The van der Waals surface area contributed by atoms with Crippen LogP contribution in [0.4, 0.5) is 19.0 Å². The van der Waals surface area contributed by atoms with Crippen LogP contribution in [0.25, 0.3) is 0 Å². The smallest absolute Gasteiger partial charge is 0.389 e. The largest absolute Gasteiger partial charge is 0.390 e. The number of anilines is 1. The van der Waals surface area contributed by atoms with Gasteiger partial charge in [0.05, 0.1) is 12.0 Å². The Morgan fingerprint density at radius 1 is 1.53 bits per heavy atom. The molecule has 0 radical (unpaired) electrons. The lowest BCUT2D eigenvalue weighted by Crippen LogP contribution is -2.27. The van der Waals surface area contributed by atoms with Crippen molar-refractivity contribution in [3.05, 3.63) is 23.9 Å². The zero-order valence-corrected chi connectivity index (χ0v) is 9.98. The molecule has 17 heavy (non-hydrogen) atoms. The number of halogens is 3. The molecule has 1 heterocycles. The molecule has 0 aliphatic heterocycles. The molecule has 0 bridgehead atoms. The molecule has 0 aromatic carbocycles. The van der Waals surface area contributed by atoms with E-state index >= 15 is 0 Å². The maximum absolute atomic E-state index is 12.1. The van der Waals surface area contributed by atoms with Crippen molar-refractivity contribution in [1.29, 1.82) is 0 Å². The Morgan fingerprint density at radius 2 is 2.18 bits per heavy atom. The second-order valence-electron chi connectivity index (χ2n) is 3.53. The van der Waals surface area contributed by atoms with Crippen LogP contribution < -0.4 is 10.6 Å². The summed E-state index contributed by atoms with van der Waals surface area (Å²) in [4.78, 5) is 5.50. The summed E-state index contributed by atoms with van der Waals surface area (Å²) in [6, 6.07) is 3.27. The van der Waals surface area contributed by atoms with Gasteiger partial charge >= 0.3 is 6.18 Å². The van der Waals surface area contributed by atoms with Crippen molar-refractivity contribution in [2.45, 2.75) is 12.6 Å². The Morgan fingerprint density at radius 3 is 2.71 bits per heavy atom. The average molecular weight is 263 g/mol. The van der Waals surface area contributed by atoms with E-state index in [1.54, 1.807) is 12.1 Å². The predicted octanol–water partition coefficient (Wildman–Crippen LogP) is 2.10. The van der Waals surface area contributed by atoms with Crippen molar-refractivity contribution in [2.75, 3.05) is 18.5 Å². The van der Waals surface area contributed by atoms with Gasteiger partial charge in [-0.1, -0.05) is 12.2 Å².